The molecule has 0 aliphatic heterocycles. The number of fused-ring (bicyclic) bond motifs is 1. The van der Waals surface area contributed by atoms with Crippen LogP contribution >= 0.6 is 23.8 Å². The third-order valence-electron chi connectivity index (χ3n) is 4.28. The van der Waals surface area contributed by atoms with Crippen LogP contribution in [0.15, 0.2) is 47.3 Å². The number of hydrogen-bond donors (Lipinski definition) is 3. The molecule has 0 aliphatic carbocycles. The number of aromatic nitrogens is 1. The molecular weight excluding hydrogens is 366 g/mol. The van der Waals surface area contributed by atoms with Crippen molar-refractivity contribution in [1.82, 2.24) is 10.3 Å². The highest BCUT2D eigenvalue weighted by Gasteiger charge is 2.07. The van der Waals surface area contributed by atoms with Gasteiger partial charge < -0.3 is 15.6 Å². The van der Waals surface area contributed by atoms with Gasteiger partial charge >= 0.3 is 0 Å². The number of pyridine rings is 1. The van der Waals surface area contributed by atoms with Gasteiger partial charge in [0.25, 0.3) is 5.56 Å². The van der Waals surface area contributed by atoms with E-state index < -0.39 is 0 Å². The van der Waals surface area contributed by atoms with Crippen molar-refractivity contribution in [3.63, 3.8) is 0 Å². The largest absolute Gasteiger partial charge is 0.362 e. The minimum Gasteiger partial charge on any atom is -0.362 e. The van der Waals surface area contributed by atoms with Gasteiger partial charge in [-0.05, 0) is 67.9 Å². The maximum Gasteiger partial charge on any atom is 0.251 e. The lowest BCUT2D eigenvalue weighted by molar-refractivity contribution is 0.863. The molecule has 26 heavy (non-hydrogen) atoms. The monoisotopic (exact) mass is 385 g/mol. The topological polar surface area (TPSA) is 56.9 Å². The maximum atomic E-state index is 12.4. The zero-order valence-corrected chi connectivity index (χ0v) is 16.2. The Labute approximate surface area is 162 Å². The van der Waals surface area contributed by atoms with Crippen LogP contribution in [0.4, 0.5) is 5.69 Å². The van der Waals surface area contributed by atoms with Gasteiger partial charge in [-0.25, -0.2) is 0 Å². The smallest absolute Gasteiger partial charge is 0.251 e. The number of thiocarbonyl (C=S) groups is 1. The Morgan fingerprint density at radius 1 is 1.15 bits per heavy atom. The molecule has 0 spiro atoms. The molecule has 2 aromatic carbocycles. The van der Waals surface area contributed by atoms with Crippen molar-refractivity contribution in [2.24, 2.45) is 0 Å². The number of nitrogens with one attached hydrogen (secondary N) is 3. The van der Waals surface area contributed by atoms with E-state index in [1.165, 1.54) is 0 Å². The van der Waals surface area contributed by atoms with Gasteiger partial charge in [0, 0.05) is 28.2 Å². The number of benzene rings is 2. The van der Waals surface area contributed by atoms with Crippen LogP contribution in [0.1, 0.15) is 16.7 Å². The summed E-state index contributed by atoms with van der Waals surface area (Å²) in [6.07, 6.45) is 0.579. The van der Waals surface area contributed by atoms with Crippen molar-refractivity contribution < 1.29 is 0 Å². The van der Waals surface area contributed by atoms with E-state index in [-0.39, 0.29) is 5.56 Å². The first-order valence-corrected chi connectivity index (χ1v) is 9.15. The van der Waals surface area contributed by atoms with Gasteiger partial charge in [0.05, 0.1) is 5.52 Å². The van der Waals surface area contributed by atoms with Crippen molar-refractivity contribution in [2.45, 2.75) is 20.3 Å². The lowest BCUT2D eigenvalue weighted by Crippen LogP contribution is -2.31. The molecule has 0 radical (unpaired) electrons. The van der Waals surface area contributed by atoms with Gasteiger partial charge in [-0.3, -0.25) is 4.79 Å². The van der Waals surface area contributed by atoms with Crippen LogP contribution in [0.5, 0.6) is 0 Å². The normalized spacial score (nSPS) is 10.7. The van der Waals surface area contributed by atoms with Gasteiger partial charge in [0.15, 0.2) is 5.11 Å². The zero-order chi connectivity index (χ0) is 18.7. The second-order valence-electron chi connectivity index (χ2n) is 6.25. The first-order chi connectivity index (χ1) is 12.4. The fraction of sp³-hybridized carbons (Fsp3) is 0.200. The van der Waals surface area contributed by atoms with Gasteiger partial charge in [-0.15, -0.1) is 0 Å². The van der Waals surface area contributed by atoms with Gasteiger partial charge in [-0.1, -0.05) is 29.8 Å². The van der Waals surface area contributed by atoms with Crippen LogP contribution < -0.4 is 16.2 Å². The SMILES string of the molecule is Cc1ccc(C)c2[nH]c(=O)c(CCNC(=S)Nc3cccc(Cl)c3)cc12. The lowest BCUT2D eigenvalue weighted by Gasteiger charge is -2.11. The second kappa shape index (κ2) is 7.89. The van der Waals surface area contributed by atoms with Crippen LogP contribution in [0.3, 0.4) is 0 Å². The van der Waals surface area contributed by atoms with Crippen LogP contribution in [0.25, 0.3) is 10.9 Å². The summed E-state index contributed by atoms with van der Waals surface area (Å²) in [6.45, 7) is 4.61. The molecule has 3 aromatic rings. The molecule has 1 heterocycles. The molecule has 0 atom stereocenters. The number of H-pyrrole nitrogens is 1. The Morgan fingerprint density at radius 2 is 1.92 bits per heavy atom. The number of aryl methyl sites for hydroxylation is 2. The molecule has 0 saturated carbocycles. The van der Waals surface area contributed by atoms with E-state index in [0.29, 0.717) is 23.1 Å². The summed E-state index contributed by atoms with van der Waals surface area (Å²) < 4.78 is 0. The minimum absolute atomic E-state index is 0.0540. The van der Waals surface area contributed by atoms with Crippen molar-refractivity contribution in [3.8, 4) is 0 Å². The lowest BCUT2D eigenvalue weighted by atomic mass is 10.0. The Hall–Kier alpha value is -2.37. The quantitative estimate of drug-likeness (QED) is 0.585. The fourth-order valence-corrected chi connectivity index (χ4v) is 3.27. The Bertz CT molecular complexity index is 1030. The molecule has 1 aromatic heterocycles. The van der Waals surface area contributed by atoms with E-state index in [0.717, 1.165) is 33.3 Å². The van der Waals surface area contributed by atoms with E-state index in [1.54, 1.807) is 12.1 Å². The van der Waals surface area contributed by atoms with Crippen LogP contribution in [0.2, 0.25) is 5.02 Å². The van der Waals surface area contributed by atoms with Crippen LogP contribution in [-0.4, -0.2) is 16.6 Å². The van der Waals surface area contributed by atoms with Crippen LogP contribution in [-0.2, 0) is 6.42 Å². The highest BCUT2D eigenvalue weighted by atomic mass is 35.5. The average molecular weight is 386 g/mol. The first-order valence-electron chi connectivity index (χ1n) is 8.36. The highest BCUT2D eigenvalue weighted by molar-refractivity contribution is 7.80. The number of anilines is 1. The summed E-state index contributed by atoms with van der Waals surface area (Å²) in [6, 6.07) is 13.4. The highest BCUT2D eigenvalue weighted by Crippen LogP contribution is 2.19. The summed E-state index contributed by atoms with van der Waals surface area (Å²) in [7, 11) is 0. The molecule has 6 heteroatoms. The molecule has 134 valence electrons. The molecule has 4 nitrogen and oxygen atoms in total. The van der Waals surface area contributed by atoms with Gasteiger partial charge in [-0.2, -0.15) is 0 Å². The second-order valence-corrected chi connectivity index (χ2v) is 7.10. The molecular formula is C20H20ClN3OS. The molecule has 0 aliphatic rings. The molecule has 0 bridgehead atoms. The number of halogens is 1. The summed E-state index contributed by atoms with van der Waals surface area (Å²) in [5, 5.41) is 8.43. The van der Waals surface area contributed by atoms with Crippen molar-refractivity contribution in [1.29, 1.82) is 0 Å². The van der Waals surface area contributed by atoms with Crippen molar-refractivity contribution >= 4 is 45.5 Å². The van der Waals surface area contributed by atoms with E-state index in [2.05, 4.69) is 21.7 Å². The first kappa shape index (κ1) is 18.4. The zero-order valence-electron chi connectivity index (χ0n) is 14.7. The number of hydrogen-bond acceptors (Lipinski definition) is 2. The minimum atomic E-state index is -0.0540. The molecule has 0 saturated heterocycles. The summed E-state index contributed by atoms with van der Waals surface area (Å²) in [4.78, 5) is 15.4. The van der Waals surface area contributed by atoms with E-state index in [9.17, 15) is 4.79 Å². The molecule has 0 unspecified atom stereocenters. The third kappa shape index (κ3) is 4.23. The maximum absolute atomic E-state index is 12.4. The Morgan fingerprint density at radius 3 is 2.69 bits per heavy atom. The predicted molar refractivity (Wildman–Crippen MR) is 113 cm³/mol. The Kier molecular flexibility index (Phi) is 5.59. The Balaban J connectivity index is 1.66. The van der Waals surface area contributed by atoms with Crippen molar-refractivity contribution in [2.75, 3.05) is 11.9 Å². The molecule has 3 rings (SSSR count). The van der Waals surface area contributed by atoms with Crippen molar-refractivity contribution in [3.05, 3.63) is 74.5 Å². The van der Waals surface area contributed by atoms with Gasteiger partial charge in [0.2, 0.25) is 0 Å². The molecule has 0 fully saturated rings. The number of rotatable bonds is 4. The number of aromatic amines is 1. The average Bonchev–Trinajstić information content (AvgIpc) is 2.59. The van der Waals surface area contributed by atoms with E-state index in [4.69, 9.17) is 23.8 Å². The third-order valence-corrected chi connectivity index (χ3v) is 4.76. The van der Waals surface area contributed by atoms with E-state index in [1.807, 2.05) is 38.1 Å². The van der Waals surface area contributed by atoms with E-state index >= 15 is 0 Å². The fourth-order valence-electron chi connectivity index (χ4n) is 2.86. The van der Waals surface area contributed by atoms with Crippen LogP contribution in [0, 0.1) is 13.8 Å². The summed E-state index contributed by atoms with van der Waals surface area (Å²) in [5.41, 5.74) is 4.63. The predicted octanol–water partition coefficient (Wildman–Crippen LogP) is 4.33. The molecule has 3 N–H and O–H groups in total. The standard InChI is InChI=1S/C20H20ClN3OS/c1-12-6-7-13(2)18-17(12)10-14(19(25)24-18)8-9-22-20(26)23-16-5-3-4-15(21)11-16/h3-7,10-11H,8-9H2,1-2H3,(H,24,25)(H2,22,23,26). The summed E-state index contributed by atoms with van der Waals surface area (Å²) in [5.74, 6) is 0. The summed E-state index contributed by atoms with van der Waals surface area (Å²) >= 11 is 11.3. The molecule has 0 amide bonds. The van der Waals surface area contributed by atoms with Gasteiger partial charge in [0.1, 0.15) is 0 Å².